The number of benzene rings is 2. The summed E-state index contributed by atoms with van der Waals surface area (Å²) in [4.78, 5) is 14.7. The van der Waals surface area contributed by atoms with Gasteiger partial charge in [0.15, 0.2) is 0 Å². The second-order valence-corrected chi connectivity index (χ2v) is 7.50. The van der Waals surface area contributed by atoms with Gasteiger partial charge in [0.25, 0.3) is 0 Å². The van der Waals surface area contributed by atoms with Gasteiger partial charge in [-0.2, -0.15) is 0 Å². The third kappa shape index (κ3) is 4.02. The van der Waals surface area contributed by atoms with E-state index < -0.39 is 0 Å². The minimum Gasteiger partial charge on any atom is -0.411 e. The summed E-state index contributed by atoms with van der Waals surface area (Å²) < 4.78 is 14.1. The highest BCUT2D eigenvalue weighted by Crippen LogP contribution is 2.34. The van der Waals surface area contributed by atoms with Crippen LogP contribution in [0.15, 0.2) is 41.6 Å². The summed E-state index contributed by atoms with van der Waals surface area (Å²) in [5.41, 5.74) is 4.30. The number of carbonyl (C=O) groups is 1. The third-order valence-corrected chi connectivity index (χ3v) is 5.27. The van der Waals surface area contributed by atoms with Crippen LogP contribution in [0.5, 0.6) is 0 Å². The molecule has 2 aromatic rings. The van der Waals surface area contributed by atoms with E-state index in [2.05, 4.69) is 5.16 Å². The van der Waals surface area contributed by atoms with E-state index in [4.69, 9.17) is 5.21 Å². The Morgan fingerprint density at radius 2 is 1.93 bits per heavy atom. The quantitative estimate of drug-likeness (QED) is 0.491. The molecule has 1 amide bonds. The number of hydrogen-bond acceptors (Lipinski definition) is 3. The van der Waals surface area contributed by atoms with Crippen molar-refractivity contribution in [2.45, 2.75) is 33.6 Å². The van der Waals surface area contributed by atoms with Gasteiger partial charge in [0.1, 0.15) is 5.82 Å². The smallest absolute Gasteiger partial charge is 0.229 e. The Hall–Kier alpha value is -2.69. The molecule has 0 bridgehead atoms. The largest absolute Gasteiger partial charge is 0.411 e. The van der Waals surface area contributed by atoms with Gasteiger partial charge in [-0.1, -0.05) is 30.3 Å². The number of carbonyl (C=O) groups excluding carboxylic acids is 1. The van der Waals surface area contributed by atoms with Gasteiger partial charge in [-0.25, -0.2) is 4.39 Å². The fourth-order valence-electron chi connectivity index (χ4n) is 4.17. The number of nitrogens with zero attached hydrogens (tertiary/aromatic N) is 2. The van der Waals surface area contributed by atoms with E-state index in [-0.39, 0.29) is 23.6 Å². The van der Waals surface area contributed by atoms with E-state index in [1.54, 1.807) is 6.07 Å². The lowest BCUT2D eigenvalue weighted by molar-refractivity contribution is -0.124. The van der Waals surface area contributed by atoms with Crippen LogP contribution in [0.1, 0.15) is 35.6 Å². The summed E-state index contributed by atoms with van der Waals surface area (Å²) in [6.07, 6.45) is 2.76. The van der Waals surface area contributed by atoms with Crippen molar-refractivity contribution in [3.63, 3.8) is 0 Å². The fourth-order valence-corrected chi connectivity index (χ4v) is 4.17. The number of rotatable bonds is 4. The molecule has 1 fully saturated rings. The molecule has 1 aliphatic heterocycles. The summed E-state index contributed by atoms with van der Waals surface area (Å²) in [5, 5.41) is 11.9. The first-order valence-electron chi connectivity index (χ1n) is 9.24. The summed E-state index contributed by atoms with van der Waals surface area (Å²) in [5.74, 6) is 0.0169. The molecular formula is C22H25FN2O2. The zero-order valence-electron chi connectivity index (χ0n) is 15.9. The molecular weight excluding hydrogens is 343 g/mol. The lowest BCUT2D eigenvalue weighted by atomic mass is 9.84. The van der Waals surface area contributed by atoms with Crippen molar-refractivity contribution in [3.05, 3.63) is 64.5 Å². The fraction of sp³-hybridized carbons (Fsp3) is 0.364. The van der Waals surface area contributed by atoms with Gasteiger partial charge in [0.05, 0.1) is 6.21 Å². The van der Waals surface area contributed by atoms with Crippen LogP contribution in [0, 0.1) is 31.5 Å². The van der Waals surface area contributed by atoms with Crippen LogP contribution in [0.2, 0.25) is 0 Å². The number of aryl methyl sites for hydroxylation is 2. The maximum Gasteiger partial charge on any atom is 0.229 e. The highest BCUT2D eigenvalue weighted by atomic mass is 19.1. The van der Waals surface area contributed by atoms with E-state index in [0.29, 0.717) is 18.5 Å². The first-order chi connectivity index (χ1) is 12.9. The van der Waals surface area contributed by atoms with Crippen LogP contribution in [-0.2, 0) is 11.2 Å². The van der Waals surface area contributed by atoms with Gasteiger partial charge in [0.2, 0.25) is 5.91 Å². The van der Waals surface area contributed by atoms with Crippen molar-refractivity contribution >= 4 is 17.8 Å². The molecule has 2 aromatic carbocycles. The van der Waals surface area contributed by atoms with E-state index in [0.717, 1.165) is 28.8 Å². The predicted molar refractivity (Wildman–Crippen MR) is 105 cm³/mol. The number of oxime groups is 1. The van der Waals surface area contributed by atoms with Crippen molar-refractivity contribution in [2.75, 3.05) is 11.4 Å². The average molecular weight is 368 g/mol. The molecule has 2 unspecified atom stereocenters. The Kier molecular flexibility index (Phi) is 5.59. The molecule has 1 heterocycles. The van der Waals surface area contributed by atoms with Crippen LogP contribution >= 0.6 is 0 Å². The van der Waals surface area contributed by atoms with Gasteiger partial charge >= 0.3 is 0 Å². The number of piperidine rings is 1. The highest BCUT2D eigenvalue weighted by molar-refractivity contribution is 5.97. The van der Waals surface area contributed by atoms with Crippen LogP contribution in [0.25, 0.3) is 0 Å². The molecule has 3 rings (SSSR count). The van der Waals surface area contributed by atoms with Crippen molar-refractivity contribution < 1.29 is 14.4 Å². The summed E-state index contributed by atoms with van der Waals surface area (Å²) in [6.45, 7) is 6.43. The molecule has 0 radical (unpaired) electrons. The minimum atomic E-state index is -0.186. The monoisotopic (exact) mass is 368 g/mol. The minimum absolute atomic E-state index is 0.104. The average Bonchev–Trinajstić information content (AvgIpc) is 2.60. The number of amides is 1. The van der Waals surface area contributed by atoms with Gasteiger partial charge in [-0.3, -0.25) is 4.79 Å². The highest BCUT2D eigenvalue weighted by Gasteiger charge is 2.34. The second-order valence-electron chi connectivity index (χ2n) is 7.50. The summed E-state index contributed by atoms with van der Waals surface area (Å²) >= 11 is 0. The zero-order chi connectivity index (χ0) is 19.6. The second kappa shape index (κ2) is 7.91. The van der Waals surface area contributed by atoms with E-state index in [1.165, 1.54) is 12.3 Å². The molecule has 4 nitrogen and oxygen atoms in total. The molecule has 0 aromatic heterocycles. The van der Waals surface area contributed by atoms with Crippen LogP contribution in [0.4, 0.5) is 10.1 Å². The third-order valence-electron chi connectivity index (χ3n) is 5.27. The molecule has 142 valence electrons. The molecule has 0 aliphatic carbocycles. The van der Waals surface area contributed by atoms with Crippen LogP contribution < -0.4 is 4.90 Å². The molecule has 1 aliphatic rings. The number of hydrogen-bond donors (Lipinski definition) is 1. The zero-order valence-corrected chi connectivity index (χ0v) is 15.9. The Balaban J connectivity index is 1.90. The van der Waals surface area contributed by atoms with Gasteiger partial charge < -0.3 is 10.1 Å². The molecule has 2 atom stereocenters. The standard InChI is InChI=1S/C22H25FN2O2/c1-14-8-17(12-24-27)9-15(2)21(14)25-13-18(10-16(3)22(25)26)11-19-6-4-5-7-20(19)23/h4-9,12,16,18,27H,10-11,13H2,1-3H3/b24-12+. The molecule has 0 saturated carbocycles. The SMILES string of the molecule is Cc1cc(/C=N/O)cc(C)c1N1CC(Cc2ccccc2F)CC(C)C1=O. The molecule has 1 saturated heterocycles. The normalized spacial score (nSPS) is 20.4. The predicted octanol–water partition coefficient (Wildman–Crippen LogP) is 4.48. The summed E-state index contributed by atoms with van der Waals surface area (Å²) in [7, 11) is 0. The Bertz CT molecular complexity index is 855. The Labute approximate surface area is 159 Å². The first kappa shape index (κ1) is 19.1. The lowest BCUT2D eigenvalue weighted by Gasteiger charge is -2.38. The Morgan fingerprint density at radius 1 is 1.26 bits per heavy atom. The van der Waals surface area contributed by atoms with Crippen LogP contribution in [0.3, 0.4) is 0 Å². The maximum atomic E-state index is 14.1. The maximum absolute atomic E-state index is 14.1. The molecule has 5 heteroatoms. The lowest BCUT2D eigenvalue weighted by Crippen LogP contribution is -2.46. The first-order valence-corrected chi connectivity index (χ1v) is 9.24. The van der Waals surface area contributed by atoms with Gasteiger partial charge in [-0.15, -0.1) is 0 Å². The summed E-state index contributed by atoms with van der Waals surface area (Å²) in [6, 6.07) is 10.7. The van der Waals surface area contributed by atoms with Crippen molar-refractivity contribution in [1.82, 2.24) is 0 Å². The molecule has 0 spiro atoms. The van der Waals surface area contributed by atoms with Gasteiger partial charge in [-0.05, 0) is 73.1 Å². The topological polar surface area (TPSA) is 52.9 Å². The van der Waals surface area contributed by atoms with Crippen molar-refractivity contribution in [2.24, 2.45) is 17.0 Å². The molecule has 27 heavy (non-hydrogen) atoms. The van der Waals surface area contributed by atoms with Crippen molar-refractivity contribution in [1.29, 1.82) is 0 Å². The van der Waals surface area contributed by atoms with E-state index in [1.807, 2.05) is 49.9 Å². The number of anilines is 1. The van der Waals surface area contributed by atoms with Crippen molar-refractivity contribution in [3.8, 4) is 0 Å². The van der Waals surface area contributed by atoms with Crippen LogP contribution in [-0.4, -0.2) is 23.9 Å². The molecule has 1 N–H and O–H groups in total. The van der Waals surface area contributed by atoms with E-state index >= 15 is 0 Å². The number of halogens is 1. The van der Waals surface area contributed by atoms with Gasteiger partial charge in [0, 0.05) is 18.2 Å². The Morgan fingerprint density at radius 3 is 2.56 bits per heavy atom. The van der Waals surface area contributed by atoms with E-state index in [9.17, 15) is 9.18 Å².